The van der Waals surface area contributed by atoms with Gasteiger partial charge in [-0.15, -0.1) is 0 Å². The first-order chi connectivity index (χ1) is 15.1. The fraction of sp³-hybridized carbons (Fsp3) is 0.0417. The first-order valence-corrected chi connectivity index (χ1v) is 9.93. The highest BCUT2D eigenvalue weighted by Gasteiger charge is 2.09. The number of carbonyl (C=O) groups excluding carboxylic acids is 2. The molecule has 7 heteroatoms. The van der Waals surface area contributed by atoms with E-state index in [0.29, 0.717) is 5.75 Å². The summed E-state index contributed by atoms with van der Waals surface area (Å²) < 4.78 is 5.66. The molecule has 0 spiro atoms. The summed E-state index contributed by atoms with van der Waals surface area (Å²) in [7, 11) is 0. The summed E-state index contributed by atoms with van der Waals surface area (Å²) in [4.78, 5) is 24.0. The van der Waals surface area contributed by atoms with E-state index >= 15 is 0 Å². The molecule has 2 amide bonds. The van der Waals surface area contributed by atoms with Gasteiger partial charge in [-0.2, -0.15) is 0 Å². The molecule has 0 saturated carbocycles. The van der Waals surface area contributed by atoms with Crippen LogP contribution in [0.3, 0.4) is 0 Å². The third-order valence-corrected chi connectivity index (χ3v) is 4.31. The van der Waals surface area contributed by atoms with Crippen LogP contribution < -0.4 is 20.9 Å². The molecule has 0 heterocycles. The molecule has 0 unspecified atom stereocenters. The van der Waals surface area contributed by atoms with E-state index in [1.165, 1.54) is 6.08 Å². The normalized spacial score (nSPS) is 10.3. The summed E-state index contributed by atoms with van der Waals surface area (Å²) in [6, 6.07) is 26.6. The van der Waals surface area contributed by atoms with Crippen LogP contribution >= 0.6 is 12.2 Å². The highest BCUT2D eigenvalue weighted by molar-refractivity contribution is 7.80. The molecule has 31 heavy (non-hydrogen) atoms. The number of benzene rings is 3. The van der Waals surface area contributed by atoms with E-state index < -0.39 is 11.8 Å². The van der Waals surface area contributed by atoms with Crippen molar-refractivity contribution in [3.8, 4) is 16.9 Å². The monoisotopic (exact) mass is 431 g/mol. The van der Waals surface area contributed by atoms with Gasteiger partial charge in [-0.3, -0.25) is 25.8 Å². The van der Waals surface area contributed by atoms with Crippen molar-refractivity contribution in [3.05, 3.63) is 96.6 Å². The Morgan fingerprint density at radius 2 is 1.48 bits per heavy atom. The van der Waals surface area contributed by atoms with E-state index in [0.717, 1.165) is 16.7 Å². The van der Waals surface area contributed by atoms with E-state index in [4.69, 9.17) is 17.0 Å². The van der Waals surface area contributed by atoms with Crippen molar-refractivity contribution in [2.75, 3.05) is 6.61 Å². The Labute approximate surface area is 185 Å². The summed E-state index contributed by atoms with van der Waals surface area (Å²) in [6.07, 6.45) is 3.02. The van der Waals surface area contributed by atoms with Crippen LogP contribution in [0.25, 0.3) is 17.2 Å². The number of carbonyl (C=O) groups is 2. The van der Waals surface area contributed by atoms with Crippen LogP contribution in [0, 0.1) is 0 Å². The number of nitrogens with one attached hydrogen (secondary N) is 3. The lowest BCUT2D eigenvalue weighted by Gasteiger charge is -2.13. The zero-order valence-corrected chi connectivity index (χ0v) is 17.4. The van der Waals surface area contributed by atoms with Crippen molar-refractivity contribution in [1.29, 1.82) is 0 Å². The van der Waals surface area contributed by atoms with Crippen molar-refractivity contribution < 1.29 is 14.3 Å². The molecule has 0 aliphatic heterocycles. The maximum absolute atomic E-state index is 12.1. The van der Waals surface area contributed by atoms with Crippen molar-refractivity contribution in [2.24, 2.45) is 0 Å². The van der Waals surface area contributed by atoms with Gasteiger partial charge >= 0.3 is 0 Å². The summed E-state index contributed by atoms with van der Waals surface area (Å²) in [6.45, 7) is -0.221. The van der Waals surface area contributed by atoms with Gasteiger partial charge in [0.05, 0.1) is 0 Å². The Morgan fingerprint density at radius 1 is 0.839 bits per heavy atom. The highest BCUT2D eigenvalue weighted by atomic mass is 32.1. The molecule has 156 valence electrons. The van der Waals surface area contributed by atoms with Crippen LogP contribution in [-0.2, 0) is 9.59 Å². The lowest BCUT2D eigenvalue weighted by Crippen LogP contribution is -2.49. The molecule has 0 bridgehead atoms. The second-order valence-electron chi connectivity index (χ2n) is 6.39. The molecule has 0 aliphatic carbocycles. The second kappa shape index (κ2) is 11.3. The zero-order valence-electron chi connectivity index (χ0n) is 16.6. The second-order valence-corrected chi connectivity index (χ2v) is 6.79. The quantitative estimate of drug-likeness (QED) is 0.316. The summed E-state index contributed by atoms with van der Waals surface area (Å²) in [5.41, 5.74) is 7.64. The fourth-order valence-electron chi connectivity index (χ4n) is 2.68. The summed E-state index contributed by atoms with van der Waals surface area (Å²) in [5, 5.41) is 2.42. The van der Waals surface area contributed by atoms with Crippen molar-refractivity contribution in [2.45, 2.75) is 0 Å². The Hall–Kier alpha value is -3.97. The van der Waals surface area contributed by atoms with E-state index in [1.54, 1.807) is 12.1 Å². The molecule has 0 radical (unpaired) electrons. The van der Waals surface area contributed by atoms with Crippen LogP contribution in [-0.4, -0.2) is 23.5 Å². The van der Waals surface area contributed by atoms with Crippen LogP contribution in [0.4, 0.5) is 0 Å². The van der Waals surface area contributed by atoms with Gasteiger partial charge in [0.2, 0.25) is 5.91 Å². The molecule has 0 fully saturated rings. The van der Waals surface area contributed by atoms with E-state index in [-0.39, 0.29) is 11.7 Å². The van der Waals surface area contributed by atoms with Crippen molar-refractivity contribution in [1.82, 2.24) is 16.2 Å². The molecule has 6 nitrogen and oxygen atoms in total. The van der Waals surface area contributed by atoms with Gasteiger partial charge in [-0.1, -0.05) is 78.9 Å². The van der Waals surface area contributed by atoms with Gasteiger partial charge in [-0.25, -0.2) is 0 Å². The Kier molecular flexibility index (Phi) is 7.90. The molecule has 3 aromatic carbocycles. The van der Waals surface area contributed by atoms with Gasteiger partial charge in [-0.05, 0) is 35.5 Å². The van der Waals surface area contributed by atoms with Gasteiger partial charge in [0.25, 0.3) is 5.91 Å². The van der Waals surface area contributed by atoms with Gasteiger partial charge in [0.15, 0.2) is 11.7 Å². The number of ether oxygens (including phenoxy) is 1. The molecular weight excluding hydrogens is 410 g/mol. The molecule has 0 aromatic heterocycles. The first-order valence-electron chi connectivity index (χ1n) is 9.52. The molecular formula is C24H21N3O3S. The smallest absolute Gasteiger partial charge is 0.276 e. The third-order valence-electron chi connectivity index (χ3n) is 4.11. The molecule has 0 aliphatic rings. The lowest BCUT2D eigenvalue weighted by molar-refractivity contribution is -0.123. The van der Waals surface area contributed by atoms with Crippen molar-refractivity contribution >= 4 is 35.2 Å². The van der Waals surface area contributed by atoms with Crippen LogP contribution in [0.1, 0.15) is 5.56 Å². The topological polar surface area (TPSA) is 79.5 Å². The number of para-hydroxylation sites is 1. The number of amides is 2. The SMILES string of the molecule is O=C(/C=C/c1ccccc1)NC(=S)NNC(=O)COc1ccccc1-c1ccccc1. The Morgan fingerprint density at radius 3 is 2.23 bits per heavy atom. The number of hydrazine groups is 1. The Balaban J connectivity index is 1.44. The average molecular weight is 432 g/mol. The van der Waals surface area contributed by atoms with Gasteiger partial charge in [0.1, 0.15) is 5.75 Å². The number of hydrogen-bond donors (Lipinski definition) is 3. The number of thiocarbonyl (C=S) groups is 1. The van der Waals surface area contributed by atoms with Crippen molar-refractivity contribution in [3.63, 3.8) is 0 Å². The highest BCUT2D eigenvalue weighted by Crippen LogP contribution is 2.29. The predicted molar refractivity (Wildman–Crippen MR) is 125 cm³/mol. The van der Waals surface area contributed by atoms with E-state index in [1.807, 2.05) is 78.9 Å². The summed E-state index contributed by atoms with van der Waals surface area (Å²) in [5.74, 6) is -0.270. The predicted octanol–water partition coefficient (Wildman–Crippen LogP) is 3.47. The minimum Gasteiger partial charge on any atom is -0.483 e. The standard InChI is InChI=1S/C24H21N3O3S/c28-22(16-15-18-9-3-1-4-10-18)25-24(31)27-26-23(29)17-30-21-14-8-7-13-20(21)19-11-5-2-6-12-19/h1-16H,17H2,(H,26,29)(H2,25,27,28,31)/b16-15+. The number of rotatable bonds is 6. The Bertz CT molecular complexity index is 1070. The molecule has 3 N–H and O–H groups in total. The lowest BCUT2D eigenvalue weighted by atomic mass is 10.1. The first kappa shape index (κ1) is 21.7. The summed E-state index contributed by atoms with van der Waals surface area (Å²) >= 11 is 5.01. The molecule has 3 aromatic rings. The van der Waals surface area contributed by atoms with Crippen LogP contribution in [0.5, 0.6) is 5.75 Å². The maximum Gasteiger partial charge on any atom is 0.276 e. The van der Waals surface area contributed by atoms with E-state index in [9.17, 15) is 9.59 Å². The van der Waals surface area contributed by atoms with Gasteiger partial charge < -0.3 is 4.74 Å². The minimum atomic E-state index is -0.445. The van der Waals surface area contributed by atoms with Crippen LogP contribution in [0.2, 0.25) is 0 Å². The molecule has 0 saturated heterocycles. The molecule has 3 rings (SSSR count). The molecule has 0 atom stereocenters. The van der Waals surface area contributed by atoms with E-state index in [2.05, 4.69) is 16.2 Å². The minimum absolute atomic E-state index is 0.0271. The zero-order chi connectivity index (χ0) is 21.9. The fourth-order valence-corrected chi connectivity index (χ4v) is 2.83. The largest absolute Gasteiger partial charge is 0.483 e. The van der Waals surface area contributed by atoms with Crippen LogP contribution in [0.15, 0.2) is 91.0 Å². The van der Waals surface area contributed by atoms with Gasteiger partial charge in [0, 0.05) is 11.6 Å². The maximum atomic E-state index is 12.1. The third kappa shape index (κ3) is 7.09. The number of hydrogen-bond acceptors (Lipinski definition) is 4. The average Bonchev–Trinajstić information content (AvgIpc) is 2.81.